The molecule has 0 fully saturated rings. The lowest BCUT2D eigenvalue weighted by molar-refractivity contribution is 0.802. The summed E-state index contributed by atoms with van der Waals surface area (Å²) in [6, 6.07) is 17.3. The van der Waals surface area contributed by atoms with Crippen LogP contribution < -0.4 is 10.6 Å². The maximum absolute atomic E-state index is 3.62. The van der Waals surface area contributed by atoms with Crippen LogP contribution in [0.25, 0.3) is 0 Å². The lowest BCUT2D eigenvalue weighted by atomic mass is 10.0. The SMILES string of the molecule is Cc1cccc2c1NC(c1ccccc1)CN2. The van der Waals surface area contributed by atoms with Crippen molar-refractivity contribution >= 4 is 11.4 Å². The Hall–Kier alpha value is -1.96. The molecule has 2 aromatic rings. The number of aryl methyl sites for hydroxylation is 1. The Labute approximate surface area is 102 Å². The highest BCUT2D eigenvalue weighted by Crippen LogP contribution is 2.33. The van der Waals surface area contributed by atoms with Gasteiger partial charge in [0.15, 0.2) is 0 Å². The lowest BCUT2D eigenvalue weighted by Gasteiger charge is -2.29. The molecule has 0 aromatic heterocycles. The zero-order chi connectivity index (χ0) is 11.7. The minimum absolute atomic E-state index is 0.352. The van der Waals surface area contributed by atoms with Crippen molar-refractivity contribution in [3.8, 4) is 0 Å². The summed E-state index contributed by atoms with van der Waals surface area (Å²) in [4.78, 5) is 0. The number of benzene rings is 2. The molecule has 0 bridgehead atoms. The predicted molar refractivity (Wildman–Crippen MR) is 72.5 cm³/mol. The van der Waals surface area contributed by atoms with Crippen molar-refractivity contribution in [1.29, 1.82) is 0 Å². The molecule has 17 heavy (non-hydrogen) atoms. The van der Waals surface area contributed by atoms with Crippen LogP contribution in [0, 0.1) is 6.92 Å². The Morgan fingerprint density at radius 3 is 2.65 bits per heavy atom. The average molecular weight is 224 g/mol. The quantitative estimate of drug-likeness (QED) is 0.773. The second kappa shape index (κ2) is 4.13. The van der Waals surface area contributed by atoms with Crippen molar-refractivity contribution in [2.45, 2.75) is 13.0 Å². The molecule has 1 heterocycles. The maximum atomic E-state index is 3.62. The number of fused-ring (bicyclic) bond motifs is 1. The third-order valence-electron chi connectivity index (χ3n) is 3.29. The van der Waals surface area contributed by atoms with Gasteiger partial charge in [0.2, 0.25) is 0 Å². The highest BCUT2D eigenvalue weighted by Gasteiger charge is 2.19. The molecule has 0 saturated carbocycles. The van der Waals surface area contributed by atoms with Crippen molar-refractivity contribution in [2.75, 3.05) is 17.2 Å². The zero-order valence-corrected chi connectivity index (χ0v) is 9.90. The van der Waals surface area contributed by atoms with Gasteiger partial charge < -0.3 is 10.6 Å². The first kappa shape index (κ1) is 10.2. The molecule has 1 aliphatic heterocycles. The largest absolute Gasteiger partial charge is 0.381 e. The second-order valence-corrected chi connectivity index (χ2v) is 4.49. The van der Waals surface area contributed by atoms with Gasteiger partial charge in [0, 0.05) is 6.54 Å². The predicted octanol–water partition coefficient (Wildman–Crippen LogP) is 3.57. The monoisotopic (exact) mass is 224 g/mol. The van der Waals surface area contributed by atoms with Gasteiger partial charge in [-0.2, -0.15) is 0 Å². The van der Waals surface area contributed by atoms with Crippen LogP contribution in [-0.2, 0) is 0 Å². The first-order valence-corrected chi connectivity index (χ1v) is 5.99. The van der Waals surface area contributed by atoms with Crippen LogP contribution >= 0.6 is 0 Å². The van der Waals surface area contributed by atoms with Gasteiger partial charge in [0.1, 0.15) is 0 Å². The Bertz CT molecular complexity index is 520. The number of para-hydroxylation sites is 1. The summed E-state index contributed by atoms with van der Waals surface area (Å²) in [6.07, 6.45) is 0. The van der Waals surface area contributed by atoms with Crippen molar-refractivity contribution in [3.63, 3.8) is 0 Å². The molecule has 2 N–H and O–H groups in total. The smallest absolute Gasteiger partial charge is 0.0687 e. The third-order valence-corrected chi connectivity index (χ3v) is 3.29. The van der Waals surface area contributed by atoms with E-state index in [0.29, 0.717) is 6.04 Å². The summed E-state index contributed by atoms with van der Waals surface area (Å²) in [5.74, 6) is 0. The first-order valence-electron chi connectivity index (χ1n) is 5.99. The fourth-order valence-electron chi connectivity index (χ4n) is 2.33. The highest BCUT2D eigenvalue weighted by molar-refractivity contribution is 5.74. The van der Waals surface area contributed by atoms with E-state index in [1.165, 1.54) is 22.5 Å². The van der Waals surface area contributed by atoms with E-state index in [4.69, 9.17) is 0 Å². The summed E-state index contributed by atoms with van der Waals surface area (Å²) in [5.41, 5.74) is 5.05. The highest BCUT2D eigenvalue weighted by atomic mass is 15.1. The van der Waals surface area contributed by atoms with Crippen LogP contribution in [0.5, 0.6) is 0 Å². The van der Waals surface area contributed by atoms with Crippen LogP contribution in [0.2, 0.25) is 0 Å². The number of hydrogen-bond donors (Lipinski definition) is 2. The van der Waals surface area contributed by atoms with E-state index in [1.807, 2.05) is 0 Å². The molecular formula is C15H16N2. The van der Waals surface area contributed by atoms with Gasteiger partial charge >= 0.3 is 0 Å². The third kappa shape index (κ3) is 1.86. The van der Waals surface area contributed by atoms with E-state index < -0.39 is 0 Å². The molecule has 3 rings (SSSR count). The van der Waals surface area contributed by atoms with E-state index >= 15 is 0 Å². The summed E-state index contributed by atoms with van der Waals surface area (Å²) in [6.45, 7) is 3.07. The molecule has 2 nitrogen and oxygen atoms in total. The van der Waals surface area contributed by atoms with E-state index in [1.54, 1.807) is 0 Å². The number of rotatable bonds is 1. The minimum Gasteiger partial charge on any atom is -0.381 e. The molecule has 2 aromatic carbocycles. The molecule has 1 atom stereocenters. The summed E-state index contributed by atoms with van der Waals surface area (Å²) >= 11 is 0. The Balaban J connectivity index is 1.93. The Kier molecular flexibility index (Phi) is 2.48. The fraction of sp³-hybridized carbons (Fsp3) is 0.200. The molecule has 1 unspecified atom stereocenters. The van der Waals surface area contributed by atoms with E-state index in [9.17, 15) is 0 Å². The van der Waals surface area contributed by atoms with E-state index in [-0.39, 0.29) is 0 Å². The van der Waals surface area contributed by atoms with Gasteiger partial charge in [0.05, 0.1) is 17.4 Å². The topological polar surface area (TPSA) is 24.1 Å². The van der Waals surface area contributed by atoms with Crippen molar-refractivity contribution in [1.82, 2.24) is 0 Å². The summed E-state index contributed by atoms with van der Waals surface area (Å²) < 4.78 is 0. The van der Waals surface area contributed by atoms with Gasteiger partial charge in [-0.3, -0.25) is 0 Å². The fourth-order valence-corrected chi connectivity index (χ4v) is 2.33. The first-order chi connectivity index (χ1) is 8.34. The Morgan fingerprint density at radius 1 is 1.00 bits per heavy atom. The summed E-state index contributed by atoms with van der Waals surface area (Å²) in [7, 11) is 0. The average Bonchev–Trinajstić information content (AvgIpc) is 2.40. The molecule has 0 spiro atoms. The van der Waals surface area contributed by atoms with Crippen LogP contribution in [0.4, 0.5) is 11.4 Å². The van der Waals surface area contributed by atoms with E-state index in [0.717, 1.165) is 6.54 Å². The molecule has 0 saturated heterocycles. The van der Waals surface area contributed by atoms with Gasteiger partial charge in [-0.1, -0.05) is 42.5 Å². The van der Waals surface area contributed by atoms with Gasteiger partial charge in [-0.15, -0.1) is 0 Å². The lowest BCUT2D eigenvalue weighted by Crippen LogP contribution is -2.26. The molecule has 0 radical (unpaired) electrons. The summed E-state index contributed by atoms with van der Waals surface area (Å²) in [5, 5.41) is 7.11. The van der Waals surface area contributed by atoms with Crippen LogP contribution in [0.15, 0.2) is 48.5 Å². The number of anilines is 2. The van der Waals surface area contributed by atoms with E-state index in [2.05, 4.69) is 66.1 Å². The van der Waals surface area contributed by atoms with Gasteiger partial charge in [-0.05, 0) is 24.1 Å². The normalized spacial score (nSPS) is 17.8. The molecule has 2 heteroatoms. The van der Waals surface area contributed by atoms with Crippen LogP contribution in [0.3, 0.4) is 0 Å². The van der Waals surface area contributed by atoms with Crippen LogP contribution in [-0.4, -0.2) is 6.54 Å². The molecule has 0 aliphatic carbocycles. The molecule has 1 aliphatic rings. The standard InChI is InChI=1S/C15H16N2/c1-11-6-5-9-13-15(11)17-14(10-16-13)12-7-3-2-4-8-12/h2-9,14,16-17H,10H2,1H3. The van der Waals surface area contributed by atoms with Crippen LogP contribution in [0.1, 0.15) is 17.2 Å². The van der Waals surface area contributed by atoms with Gasteiger partial charge in [0.25, 0.3) is 0 Å². The van der Waals surface area contributed by atoms with Crippen molar-refractivity contribution < 1.29 is 0 Å². The number of hydrogen-bond acceptors (Lipinski definition) is 2. The van der Waals surface area contributed by atoms with Gasteiger partial charge in [-0.25, -0.2) is 0 Å². The maximum Gasteiger partial charge on any atom is 0.0687 e. The molecule has 86 valence electrons. The minimum atomic E-state index is 0.352. The Morgan fingerprint density at radius 2 is 1.82 bits per heavy atom. The van der Waals surface area contributed by atoms with Crippen molar-refractivity contribution in [2.24, 2.45) is 0 Å². The van der Waals surface area contributed by atoms with Crippen molar-refractivity contribution in [3.05, 3.63) is 59.7 Å². The molecular weight excluding hydrogens is 208 g/mol. The molecule has 0 amide bonds. The second-order valence-electron chi connectivity index (χ2n) is 4.49. The zero-order valence-electron chi connectivity index (χ0n) is 9.90. The number of nitrogens with one attached hydrogen (secondary N) is 2.